The molecule has 0 radical (unpaired) electrons. The third-order valence-corrected chi connectivity index (χ3v) is 11.4. The van der Waals surface area contributed by atoms with Gasteiger partial charge in [-0.25, -0.2) is 0 Å². The Labute approximate surface area is 182 Å². The first-order valence-corrected chi connectivity index (χ1v) is 13.1. The summed E-state index contributed by atoms with van der Waals surface area (Å²) in [5, 5.41) is 9.40. The summed E-state index contributed by atoms with van der Waals surface area (Å²) < 4.78 is 6.78. The monoisotopic (exact) mass is 406 g/mol. The van der Waals surface area contributed by atoms with Crippen LogP contribution in [0.1, 0.15) is 101 Å². The average molecular weight is 407 g/mol. The van der Waals surface area contributed by atoms with Crippen molar-refractivity contribution in [3.63, 3.8) is 0 Å². The highest BCUT2D eigenvalue weighted by atomic mass is 16.5. The minimum absolute atomic E-state index is 0. The lowest BCUT2D eigenvalue weighted by molar-refractivity contribution is -0.115. The number of fused-ring (bicyclic) bond motifs is 7. The lowest BCUT2D eigenvalue weighted by atomic mass is 9.44. The van der Waals surface area contributed by atoms with Crippen molar-refractivity contribution in [3.05, 3.63) is 0 Å². The minimum Gasteiger partial charge on any atom is -0.396 e. The van der Waals surface area contributed by atoms with Gasteiger partial charge in [-0.2, -0.15) is 0 Å². The zero-order valence-corrected chi connectivity index (χ0v) is 19.5. The van der Waals surface area contributed by atoms with Crippen LogP contribution < -0.4 is 0 Å². The van der Waals surface area contributed by atoms with Crippen molar-refractivity contribution in [2.45, 2.75) is 111 Å². The van der Waals surface area contributed by atoms with Crippen molar-refractivity contribution in [1.29, 1.82) is 0 Å². The van der Waals surface area contributed by atoms with Gasteiger partial charge in [-0.05, 0) is 110 Å². The maximum absolute atomic E-state index is 9.40. The van der Waals surface area contributed by atoms with Gasteiger partial charge in [0.15, 0.2) is 0 Å². The molecule has 0 aromatic heterocycles. The molecule has 2 unspecified atom stereocenters. The molecule has 1 N–H and O–H groups in total. The molecule has 1 saturated heterocycles. The lowest BCUT2D eigenvalue weighted by Crippen LogP contribution is -2.53. The quantitative estimate of drug-likeness (QED) is 0.547. The molecule has 1 aliphatic heterocycles. The van der Waals surface area contributed by atoms with E-state index >= 15 is 0 Å². The van der Waals surface area contributed by atoms with Crippen LogP contribution in [0.5, 0.6) is 0 Å². The molecule has 29 heavy (non-hydrogen) atoms. The summed E-state index contributed by atoms with van der Waals surface area (Å²) in [7, 11) is 0. The van der Waals surface area contributed by atoms with E-state index in [-0.39, 0.29) is 2.85 Å². The summed E-state index contributed by atoms with van der Waals surface area (Å²) >= 11 is 0. The molecule has 11 atom stereocenters. The first-order chi connectivity index (χ1) is 13.9. The maximum atomic E-state index is 9.40. The lowest BCUT2D eigenvalue weighted by Gasteiger charge is -2.60. The largest absolute Gasteiger partial charge is 0.396 e. The highest BCUT2D eigenvalue weighted by Crippen LogP contribution is 2.70. The molecule has 4 aliphatic carbocycles. The zero-order valence-electron chi connectivity index (χ0n) is 19.5. The number of ether oxygens (including phenoxy) is 1. The highest BCUT2D eigenvalue weighted by Gasteiger charge is 2.65. The van der Waals surface area contributed by atoms with Gasteiger partial charge in [-0.3, -0.25) is 0 Å². The first-order valence-electron chi connectivity index (χ1n) is 13.1. The predicted octanol–water partition coefficient (Wildman–Crippen LogP) is 6.95. The maximum Gasteiger partial charge on any atom is 0.0618 e. The van der Waals surface area contributed by atoms with Crippen molar-refractivity contribution < 1.29 is 12.7 Å². The van der Waals surface area contributed by atoms with Gasteiger partial charge in [0.1, 0.15) is 0 Å². The van der Waals surface area contributed by atoms with E-state index in [0.29, 0.717) is 41.5 Å². The van der Waals surface area contributed by atoms with E-state index in [1.807, 2.05) is 0 Å². The van der Waals surface area contributed by atoms with E-state index in [9.17, 15) is 5.11 Å². The molecule has 1 heterocycles. The highest BCUT2D eigenvalue weighted by molar-refractivity contribution is 5.13. The van der Waals surface area contributed by atoms with Crippen LogP contribution in [-0.2, 0) is 4.74 Å². The SMILES string of the molecule is C[C@H](CO)CC[C@H]1OC2C[C@H]3[C@@H]4CC[C@@H]5CCCC[C@]5(C)[C@H]4CC[C@]3(C)C2[C@@H]1C.[HH].[HH]. The van der Waals surface area contributed by atoms with Gasteiger partial charge in [-0.15, -0.1) is 0 Å². The molecule has 4 saturated carbocycles. The Morgan fingerprint density at radius 1 is 1.03 bits per heavy atom. The fourth-order valence-corrected chi connectivity index (χ4v) is 9.85. The van der Waals surface area contributed by atoms with Gasteiger partial charge in [0.25, 0.3) is 0 Å². The van der Waals surface area contributed by atoms with E-state index < -0.39 is 0 Å². The smallest absolute Gasteiger partial charge is 0.0618 e. The molecule has 2 heteroatoms. The number of aliphatic hydroxyl groups is 1. The second-order valence-corrected chi connectivity index (χ2v) is 12.6. The number of hydrogen-bond acceptors (Lipinski definition) is 2. The van der Waals surface area contributed by atoms with Crippen LogP contribution in [0.15, 0.2) is 0 Å². The summed E-state index contributed by atoms with van der Waals surface area (Å²) in [6.07, 6.45) is 16.5. The molecule has 0 aromatic carbocycles. The van der Waals surface area contributed by atoms with E-state index in [1.165, 1.54) is 57.8 Å². The molecular weight excluding hydrogens is 356 g/mol. The van der Waals surface area contributed by atoms with Crippen molar-refractivity contribution in [3.8, 4) is 0 Å². The summed E-state index contributed by atoms with van der Waals surface area (Å²) in [6, 6.07) is 0. The number of aliphatic hydroxyl groups excluding tert-OH is 1. The minimum atomic E-state index is 0. The Bertz CT molecular complexity index is 614. The van der Waals surface area contributed by atoms with Gasteiger partial charge in [0.05, 0.1) is 12.2 Å². The first kappa shape index (κ1) is 20.8. The van der Waals surface area contributed by atoms with E-state index in [4.69, 9.17) is 4.74 Å². The van der Waals surface area contributed by atoms with Crippen LogP contribution in [0.3, 0.4) is 0 Å². The molecule has 0 bridgehead atoms. The van der Waals surface area contributed by atoms with Crippen LogP contribution in [0, 0.1) is 52.3 Å². The second-order valence-electron chi connectivity index (χ2n) is 12.6. The Hall–Kier alpha value is -0.0800. The Balaban J connectivity index is 0.00000136. The normalized spacial score (nSPS) is 54.9. The zero-order chi connectivity index (χ0) is 20.4. The molecular formula is C27H50O2. The van der Waals surface area contributed by atoms with E-state index in [1.54, 1.807) is 0 Å². The Kier molecular flexibility index (Phi) is 5.38. The van der Waals surface area contributed by atoms with Gasteiger partial charge in [0, 0.05) is 9.46 Å². The van der Waals surface area contributed by atoms with Gasteiger partial charge < -0.3 is 9.84 Å². The molecule has 5 rings (SSSR count). The van der Waals surface area contributed by atoms with Gasteiger partial charge in [-0.1, -0.05) is 40.5 Å². The topological polar surface area (TPSA) is 29.5 Å². The van der Waals surface area contributed by atoms with Crippen LogP contribution in [-0.4, -0.2) is 23.9 Å². The van der Waals surface area contributed by atoms with Gasteiger partial charge >= 0.3 is 0 Å². The molecule has 0 spiro atoms. The summed E-state index contributed by atoms with van der Waals surface area (Å²) in [5.41, 5.74) is 1.16. The van der Waals surface area contributed by atoms with E-state index in [2.05, 4.69) is 27.7 Å². The molecule has 5 fully saturated rings. The van der Waals surface area contributed by atoms with Crippen LogP contribution in [0.25, 0.3) is 0 Å². The third-order valence-electron chi connectivity index (χ3n) is 11.4. The van der Waals surface area contributed by atoms with Crippen molar-refractivity contribution in [1.82, 2.24) is 0 Å². The number of rotatable bonds is 4. The summed E-state index contributed by atoms with van der Waals surface area (Å²) in [4.78, 5) is 0. The Morgan fingerprint density at radius 3 is 2.66 bits per heavy atom. The fourth-order valence-electron chi connectivity index (χ4n) is 9.85. The van der Waals surface area contributed by atoms with E-state index in [0.717, 1.165) is 42.4 Å². The fraction of sp³-hybridized carbons (Fsp3) is 1.00. The standard InChI is InChI=1S/C27H46O2.2H2/c1-17(16-28)8-11-23-18(2)25-24(29-23)15-22-20-10-9-19-7-5-6-13-26(19,3)21(20)12-14-27(22,25)4;;/h17-25,28H,5-16H2,1-4H3;2*1H/t17-,18+,19-,20+,21-,22-,23+,24?,25?,26-,27-;;/m0../s1. The summed E-state index contributed by atoms with van der Waals surface area (Å²) in [6.45, 7) is 10.4. The van der Waals surface area contributed by atoms with Gasteiger partial charge in [0.2, 0.25) is 0 Å². The van der Waals surface area contributed by atoms with Crippen molar-refractivity contribution in [2.24, 2.45) is 52.3 Å². The molecule has 0 aromatic rings. The van der Waals surface area contributed by atoms with Crippen molar-refractivity contribution in [2.75, 3.05) is 6.61 Å². The third kappa shape index (κ3) is 3.09. The van der Waals surface area contributed by atoms with Crippen LogP contribution >= 0.6 is 0 Å². The van der Waals surface area contributed by atoms with Crippen LogP contribution in [0.4, 0.5) is 0 Å². The Morgan fingerprint density at radius 2 is 1.86 bits per heavy atom. The van der Waals surface area contributed by atoms with Crippen molar-refractivity contribution >= 4 is 0 Å². The molecule has 5 aliphatic rings. The van der Waals surface area contributed by atoms with Crippen LogP contribution in [0.2, 0.25) is 0 Å². The average Bonchev–Trinajstić information content (AvgIpc) is 3.19. The second kappa shape index (κ2) is 7.51. The molecule has 2 nitrogen and oxygen atoms in total. The number of hydrogen-bond donors (Lipinski definition) is 1. The summed E-state index contributed by atoms with van der Waals surface area (Å²) in [5.74, 6) is 5.79. The predicted molar refractivity (Wildman–Crippen MR) is 123 cm³/mol. The molecule has 170 valence electrons. The molecule has 0 amide bonds.